The van der Waals surface area contributed by atoms with Gasteiger partial charge in [0, 0.05) is 17.2 Å². The molecule has 0 atom stereocenters. The van der Waals surface area contributed by atoms with Gasteiger partial charge in [0.05, 0.1) is 18.2 Å². The summed E-state index contributed by atoms with van der Waals surface area (Å²) in [7, 11) is 0. The van der Waals surface area contributed by atoms with Crippen molar-refractivity contribution in [3.8, 4) is 22.6 Å². The Bertz CT molecular complexity index is 969. The van der Waals surface area contributed by atoms with Crippen molar-refractivity contribution in [1.29, 1.82) is 0 Å². The number of hydrogen-bond acceptors (Lipinski definition) is 6. The third kappa shape index (κ3) is 3.82. The number of nitrogens with two attached hydrogens (primary N) is 1. The van der Waals surface area contributed by atoms with Crippen LogP contribution in [0, 0.1) is 0 Å². The largest absolute Gasteiger partial charge is 0.490 e. The van der Waals surface area contributed by atoms with Crippen LogP contribution in [0.3, 0.4) is 0 Å². The topological polar surface area (TPSA) is 152 Å². The van der Waals surface area contributed by atoms with Crippen molar-refractivity contribution in [3.05, 3.63) is 38.6 Å². The first-order chi connectivity index (χ1) is 12.7. The van der Waals surface area contributed by atoms with Crippen LogP contribution in [0.5, 0.6) is 11.5 Å². The molecule has 2 aromatic rings. The average Bonchev–Trinajstić information content (AvgIpc) is 2.56. The summed E-state index contributed by atoms with van der Waals surface area (Å²) >= 11 is 6.26. The fourth-order valence-electron chi connectivity index (χ4n) is 2.58. The molecule has 1 heterocycles. The number of H-pyrrole nitrogens is 1. The number of aromatic amines is 1. The van der Waals surface area contributed by atoms with Gasteiger partial charge in [0.15, 0.2) is 11.5 Å². The number of aromatic carboxylic acids is 2. The van der Waals surface area contributed by atoms with Crippen molar-refractivity contribution < 1.29 is 29.3 Å². The zero-order valence-corrected chi connectivity index (χ0v) is 15.2. The first-order valence-electron chi connectivity index (χ1n) is 7.84. The summed E-state index contributed by atoms with van der Waals surface area (Å²) in [6.45, 7) is 4.05. The summed E-state index contributed by atoms with van der Waals surface area (Å²) in [5.74, 6) is -3.14. The predicted octanol–water partition coefficient (Wildman–Crippen LogP) is 2.47. The second-order valence-electron chi connectivity index (χ2n) is 5.25. The van der Waals surface area contributed by atoms with Gasteiger partial charge in [-0.05, 0) is 19.9 Å². The molecule has 0 saturated carbocycles. The minimum absolute atomic E-state index is 0.0306. The number of aromatic nitrogens is 1. The Hall–Kier alpha value is -3.20. The lowest BCUT2D eigenvalue weighted by molar-refractivity contribution is 0.0695. The average molecular weight is 397 g/mol. The maximum absolute atomic E-state index is 12.1. The van der Waals surface area contributed by atoms with Crippen LogP contribution in [0.2, 0.25) is 5.02 Å². The standard InChI is InChI=1S/C17H17ClN2O7/c1-3-26-9-5-7(8(18)6-10(9)27-4-2)11-12(16(22)23)14(19)20-15(21)13(11)17(24)25/h5-6H,3-4H2,1-2H3,(H,22,23)(H,24,25)(H3,19,20,21). The van der Waals surface area contributed by atoms with Gasteiger partial charge in [0.2, 0.25) is 0 Å². The Morgan fingerprint density at radius 3 is 2.07 bits per heavy atom. The molecule has 1 aromatic carbocycles. The molecule has 5 N–H and O–H groups in total. The third-order valence-corrected chi connectivity index (χ3v) is 3.89. The van der Waals surface area contributed by atoms with Crippen molar-refractivity contribution in [1.82, 2.24) is 4.98 Å². The van der Waals surface area contributed by atoms with E-state index in [9.17, 15) is 24.6 Å². The van der Waals surface area contributed by atoms with Crippen LogP contribution in [0.25, 0.3) is 11.1 Å². The van der Waals surface area contributed by atoms with Crippen molar-refractivity contribution in [2.45, 2.75) is 13.8 Å². The highest BCUT2D eigenvalue weighted by Gasteiger charge is 2.28. The molecule has 0 aliphatic heterocycles. The van der Waals surface area contributed by atoms with E-state index in [0.29, 0.717) is 12.4 Å². The predicted molar refractivity (Wildman–Crippen MR) is 98.2 cm³/mol. The van der Waals surface area contributed by atoms with Gasteiger partial charge in [-0.3, -0.25) is 4.79 Å². The van der Waals surface area contributed by atoms with Crippen molar-refractivity contribution >= 4 is 29.4 Å². The Kier molecular flexibility index (Phi) is 5.96. The van der Waals surface area contributed by atoms with E-state index in [1.807, 2.05) is 4.98 Å². The van der Waals surface area contributed by atoms with E-state index >= 15 is 0 Å². The molecule has 0 amide bonds. The van der Waals surface area contributed by atoms with Gasteiger partial charge < -0.3 is 30.4 Å². The number of rotatable bonds is 7. The second kappa shape index (κ2) is 8.00. The highest BCUT2D eigenvalue weighted by Crippen LogP contribution is 2.41. The van der Waals surface area contributed by atoms with Gasteiger partial charge in [0.1, 0.15) is 16.9 Å². The summed E-state index contributed by atoms with van der Waals surface area (Å²) in [6, 6.07) is 2.68. The van der Waals surface area contributed by atoms with E-state index in [0.717, 1.165) is 0 Å². The number of nitrogens with one attached hydrogen (secondary N) is 1. The van der Waals surface area contributed by atoms with Crippen LogP contribution < -0.4 is 20.8 Å². The fraction of sp³-hybridized carbons (Fsp3) is 0.235. The Labute approximate surface area is 158 Å². The zero-order chi connectivity index (χ0) is 20.3. The maximum atomic E-state index is 12.1. The molecule has 9 nitrogen and oxygen atoms in total. The normalized spacial score (nSPS) is 10.5. The minimum Gasteiger partial charge on any atom is -0.490 e. The number of hydrogen-bond donors (Lipinski definition) is 4. The Morgan fingerprint density at radius 1 is 1.07 bits per heavy atom. The van der Waals surface area contributed by atoms with Gasteiger partial charge in [-0.1, -0.05) is 11.6 Å². The van der Waals surface area contributed by atoms with E-state index in [1.54, 1.807) is 13.8 Å². The maximum Gasteiger partial charge on any atom is 0.342 e. The smallest absolute Gasteiger partial charge is 0.342 e. The van der Waals surface area contributed by atoms with E-state index in [4.69, 9.17) is 26.8 Å². The number of nitrogen functional groups attached to an aromatic ring is 1. The molecular weight excluding hydrogens is 380 g/mol. The first kappa shape index (κ1) is 20.1. The van der Waals surface area contributed by atoms with Crippen LogP contribution in [-0.2, 0) is 0 Å². The van der Waals surface area contributed by atoms with E-state index < -0.39 is 40.0 Å². The molecule has 0 bridgehead atoms. The van der Waals surface area contributed by atoms with E-state index in [2.05, 4.69) is 0 Å². The van der Waals surface area contributed by atoms with Gasteiger partial charge >= 0.3 is 11.9 Å². The highest BCUT2D eigenvalue weighted by atomic mass is 35.5. The van der Waals surface area contributed by atoms with Gasteiger partial charge in [-0.25, -0.2) is 9.59 Å². The quantitative estimate of drug-likeness (QED) is 0.556. The van der Waals surface area contributed by atoms with Crippen LogP contribution in [0.1, 0.15) is 34.6 Å². The molecule has 0 unspecified atom stereocenters. The molecule has 0 spiro atoms. The molecule has 0 saturated heterocycles. The minimum atomic E-state index is -1.63. The van der Waals surface area contributed by atoms with Crippen LogP contribution >= 0.6 is 11.6 Å². The van der Waals surface area contributed by atoms with Crippen LogP contribution in [0.4, 0.5) is 5.82 Å². The van der Waals surface area contributed by atoms with Crippen LogP contribution in [0.15, 0.2) is 16.9 Å². The molecule has 0 radical (unpaired) electrons. The lowest BCUT2D eigenvalue weighted by Gasteiger charge is -2.17. The molecule has 0 aliphatic rings. The second-order valence-corrected chi connectivity index (χ2v) is 5.66. The summed E-state index contributed by atoms with van der Waals surface area (Å²) in [5, 5.41) is 18.9. The molecular formula is C17H17ClN2O7. The number of carbonyl (C=O) groups is 2. The number of pyridine rings is 1. The first-order valence-corrected chi connectivity index (χ1v) is 8.22. The molecule has 2 rings (SSSR count). The molecule has 0 aliphatic carbocycles. The monoisotopic (exact) mass is 396 g/mol. The van der Waals surface area contributed by atoms with Gasteiger partial charge in [-0.15, -0.1) is 0 Å². The summed E-state index contributed by atoms with van der Waals surface area (Å²) in [4.78, 5) is 37.5. The van der Waals surface area contributed by atoms with E-state index in [1.165, 1.54) is 12.1 Å². The summed E-state index contributed by atoms with van der Waals surface area (Å²) < 4.78 is 10.9. The fourth-order valence-corrected chi connectivity index (χ4v) is 2.83. The number of halogens is 1. The third-order valence-electron chi connectivity index (χ3n) is 3.57. The number of ether oxygens (including phenoxy) is 2. The van der Waals surface area contributed by atoms with Crippen molar-refractivity contribution in [2.75, 3.05) is 18.9 Å². The van der Waals surface area contributed by atoms with Crippen molar-refractivity contribution in [2.24, 2.45) is 0 Å². The molecule has 0 fully saturated rings. The Balaban J connectivity index is 2.96. The number of carboxylic acid groups (broad SMARTS) is 2. The lowest BCUT2D eigenvalue weighted by Crippen LogP contribution is -2.24. The van der Waals surface area contributed by atoms with E-state index in [-0.39, 0.29) is 22.9 Å². The van der Waals surface area contributed by atoms with Gasteiger partial charge in [-0.2, -0.15) is 0 Å². The summed E-state index contributed by atoms with van der Waals surface area (Å²) in [6.07, 6.45) is 0. The number of anilines is 1. The molecule has 144 valence electrons. The van der Waals surface area contributed by atoms with Gasteiger partial charge in [0.25, 0.3) is 5.56 Å². The summed E-state index contributed by atoms with van der Waals surface area (Å²) in [5.41, 5.74) is 2.75. The lowest BCUT2D eigenvalue weighted by atomic mass is 9.95. The molecule has 1 aromatic heterocycles. The SMILES string of the molecule is CCOc1cc(Cl)c(-c2c(C(=O)O)c(N)[nH]c(=O)c2C(=O)O)cc1OCC. The number of benzene rings is 1. The molecule has 10 heteroatoms. The molecule has 27 heavy (non-hydrogen) atoms. The van der Waals surface area contributed by atoms with Crippen LogP contribution in [-0.4, -0.2) is 40.3 Å². The Morgan fingerprint density at radius 2 is 1.59 bits per heavy atom. The zero-order valence-electron chi connectivity index (χ0n) is 14.5. The van der Waals surface area contributed by atoms with Crippen molar-refractivity contribution in [3.63, 3.8) is 0 Å². The number of carboxylic acids is 2. The highest BCUT2D eigenvalue weighted by molar-refractivity contribution is 6.34.